The molecule has 0 radical (unpaired) electrons. The standard InChI is InChI=1S/C31H34Cl3N3O5/c1-5-21(31(40)13-19(14-31)26-12-25(30(38)39)35-37(26)16(2)3)24(34)11-17(4)41-15-20-28(36-42-29(20)18-9-10-18)27-22(32)7-6-8-23(27)33/h5-8,11-12,16-19,40H,9-10,13-15H2,1-4H3,(H,38,39). The molecule has 3 aromatic rings. The van der Waals surface area contributed by atoms with E-state index in [1.54, 1.807) is 35.0 Å². The number of hydrogen-bond acceptors (Lipinski definition) is 6. The van der Waals surface area contributed by atoms with Crippen LogP contribution in [0, 0.1) is 0 Å². The van der Waals surface area contributed by atoms with Crippen LogP contribution in [0.3, 0.4) is 0 Å². The average molecular weight is 635 g/mol. The summed E-state index contributed by atoms with van der Waals surface area (Å²) in [6.07, 6.45) is 6.04. The highest BCUT2D eigenvalue weighted by Gasteiger charge is 2.48. The molecule has 2 aliphatic carbocycles. The van der Waals surface area contributed by atoms with Gasteiger partial charge in [-0.05, 0) is 83.2 Å². The molecule has 2 heterocycles. The van der Waals surface area contributed by atoms with Crippen LogP contribution in [0.1, 0.15) is 98.8 Å². The Balaban J connectivity index is 1.30. The first kappa shape index (κ1) is 30.8. The highest BCUT2D eigenvalue weighted by atomic mass is 35.5. The number of nitrogens with zero attached hydrogens (tertiary/aromatic N) is 3. The summed E-state index contributed by atoms with van der Waals surface area (Å²) in [6.45, 7) is 7.83. The molecule has 0 bridgehead atoms. The maximum absolute atomic E-state index is 11.5. The van der Waals surface area contributed by atoms with Gasteiger partial charge in [0, 0.05) is 39.7 Å². The number of allylic oxidation sites excluding steroid dienone is 1. The van der Waals surface area contributed by atoms with Crippen LogP contribution >= 0.6 is 34.8 Å². The minimum Gasteiger partial charge on any atom is -0.476 e. The average Bonchev–Trinajstić information content (AvgIpc) is 3.50. The highest BCUT2D eigenvalue weighted by Crippen LogP contribution is 2.51. The monoisotopic (exact) mass is 633 g/mol. The molecule has 42 heavy (non-hydrogen) atoms. The van der Waals surface area contributed by atoms with Crippen molar-refractivity contribution < 1.29 is 24.3 Å². The molecular weight excluding hydrogens is 601 g/mol. The molecule has 2 saturated carbocycles. The summed E-state index contributed by atoms with van der Waals surface area (Å²) >= 11 is 19.7. The fraction of sp³-hybridized carbons (Fsp3) is 0.452. The Kier molecular flexibility index (Phi) is 8.93. The Hall–Kier alpha value is -2.62. The van der Waals surface area contributed by atoms with Gasteiger partial charge in [-0.1, -0.05) is 52.1 Å². The van der Waals surface area contributed by atoms with E-state index in [0.29, 0.717) is 50.7 Å². The molecule has 0 aliphatic heterocycles. The van der Waals surface area contributed by atoms with Gasteiger partial charge in [-0.3, -0.25) is 4.68 Å². The normalized spacial score (nSPS) is 22.0. The van der Waals surface area contributed by atoms with Gasteiger partial charge >= 0.3 is 5.97 Å². The van der Waals surface area contributed by atoms with Crippen molar-refractivity contribution in [3.63, 3.8) is 0 Å². The van der Waals surface area contributed by atoms with E-state index in [9.17, 15) is 15.0 Å². The summed E-state index contributed by atoms with van der Waals surface area (Å²) < 4.78 is 13.7. The molecule has 5 rings (SSSR count). The van der Waals surface area contributed by atoms with E-state index in [1.165, 1.54) is 0 Å². The predicted molar refractivity (Wildman–Crippen MR) is 162 cm³/mol. The van der Waals surface area contributed by atoms with Crippen molar-refractivity contribution in [2.45, 2.75) is 89.6 Å². The van der Waals surface area contributed by atoms with Crippen LogP contribution in [0.25, 0.3) is 11.3 Å². The highest BCUT2D eigenvalue weighted by molar-refractivity contribution is 6.39. The molecule has 2 N–H and O–H groups in total. The summed E-state index contributed by atoms with van der Waals surface area (Å²) in [6, 6.07) is 6.90. The van der Waals surface area contributed by atoms with Crippen LogP contribution < -0.4 is 0 Å². The van der Waals surface area contributed by atoms with Crippen molar-refractivity contribution in [1.82, 2.24) is 14.9 Å². The Morgan fingerprint density at radius 1 is 1.21 bits per heavy atom. The first-order chi connectivity index (χ1) is 19.9. The van der Waals surface area contributed by atoms with Crippen molar-refractivity contribution in [3.8, 4) is 11.3 Å². The number of carboxylic acids is 1. The Bertz CT molecular complexity index is 1530. The molecule has 0 spiro atoms. The summed E-state index contributed by atoms with van der Waals surface area (Å²) in [4.78, 5) is 11.5. The summed E-state index contributed by atoms with van der Waals surface area (Å²) in [5, 5.41) is 30.8. The van der Waals surface area contributed by atoms with Crippen molar-refractivity contribution in [3.05, 3.63) is 79.8 Å². The fourth-order valence-electron chi connectivity index (χ4n) is 5.65. The Morgan fingerprint density at radius 3 is 2.45 bits per heavy atom. The number of rotatable bonds is 11. The SMILES string of the molecule is CC=C(C(Cl)=CC(C)OCc1c(-c2c(Cl)cccc2Cl)noc1C1CC1)C1(O)CC(c2cc(C(=O)O)nn2C(C)C)C1. The maximum atomic E-state index is 11.5. The molecule has 2 aliphatic rings. The molecule has 1 aromatic carbocycles. The number of aromatic nitrogens is 3. The lowest BCUT2D eigenvalue weighted by Gasteiger charge is -2.45. The van der Waals surface area contributed by atoms with Gasteiger partial charge in [0.1, 0.15) is 11.5 Å². The second kappa shape index (κ2) is 12.2. The molecule has 224 valence electrons. The van der Waals surface area contributed by atoms with E-state index in [2.05, 4.69) is 10.3 Å². The molecule has 11 heteroatoms. The lowest BCUT2D eigenvalue weighted by molar-refractivity contribution is -0.0146. The second-order valence-electron chi connectivity index (χ2n) is 11.4. The van der Waals surface area contributed by atoms with Gasteiger partial charge < -0.3 is 19.5 Å². The topological polar surface area (TPSA) is 111 Å². The van der Waals surface area contributed by atoms with E-state index in [4.69, 9.17) is 44.1 Å². The number of halogens is 3. The first-order valence-corrected chi connectivity index (χ1v) is 15.2. The van der Waals surface area contributed by atoms with E-state index < -0.39 is 17.7 Å². The van der Waals surface area contributed by atoms with Crippen LogP contribution in [0.5, 0.6) is 0 Å². The van der Waals surface area contributed by atoms with E-state index >= 15 is 0 Å². The van der Waals surface area contributed by atoms with Crippen LogP contribution in [-0.2, 0) is 11.3 Å². The molecule has 8 nitrogen and oxygen atoms in total. The van der Waals surface area contributed by atoms with E-state index in [0.717, 1.165) is 29.9 Å². The van der Waals surface area contributed by atoms with Crippen molar-refractivity contribution in [2.75, 3.05) is 0 Å². The zero-order chi connectivity index (χ0) is 30.3. The number of aromatic carboxylic acids is 1. The molecule has 2 fully saturated rings. The summed E-state index contributed by atoms with van der Waals surface area (Å²) in [5.74, 6) is -0.0269. The van der Waals surface area contributed by atoms with Gasteiger partial charge in [-0.2, -0.15) is 5.10 Å². The van der Waals surface area contributed by atoms with Crippen LogP contribution in [0.2, 0.25) is 10.0 Å². The number of benzene rings is 1. The summed E-state index contributed by atoms with van der Waals surface area (Å²) in [7, 11) is 0. The quantitative estimate of drug-likeness (QED) is 0.204. The lowest BCUT2D eigenvalue weighted by atomic mass is 9.65. The fourth-order valence-corrected chi connectivity index (χ4v) is 6.69. The third-order valence-electron chi connectivity index (χ3n) is 7.94. The minimum absolute atomic E-state index is 0.00179. The molecular formula is C31H34Cl3N3O5. The maximum Gasteiger partial charge on any atom is 0.356 e. The molecule has 2 aromatic heterocycles. The van der Waals surface area contributed by atoms with Gasteiger partial charge in [-0.25, -0.2) is 4.79 Å². The molecule has 0 amide bonds. The van der Waals surface area contributed by atoms with Gasteiger partial charge in [-0.15, -0.1) is 0 Å². The molecule has 1 atom stereocenters. The summed E-state index contributed by atoms with van der Waals surface area (Å²) in [5.41, 5.74) is 2.27. The molecule has 0 saturated heterocycles. The molecule has 1 unspecified atom stereocenters. The van der Waals surface area contributed by atoms with Gasteiger partial charge in [0.15, 0.2) is 5.69 Å². The van der Waals surface area contributed by atoms with E-state index in [-0.39, 0.29) is 24.3 Å². The second-order valence-corrected chi connectivity index (χ2v) is 12.6. The Morgan fingerprint density at radius 2 is 1.88 bits per heavy atom. The van der Waals surface area contributed by atoms with Crippen molar-refractivity contribution in [2.24, 2.45) is 0 Å². The van der Waals surface area contributed by atoms with Crippen molar-refractivity contribution in [1.29, 1.82) is 0 Å². The Labute approximate surface area is 259 Å². The van der Waals surface area contributed by atoms with Crippen LogP contribution in [0.4, 0.5) is 0 Å². The van der Waals surface area contributed by atoms with Gasteiger partial charge in [0.2, 0.25) is 0 Å². The minimum atomic E-state index is -1.15. The van der Waals surface area contributed by atoms with E-state index in [1.807, 2.05) is 33.8 Å². The van der Waals surface area contributed by atoms with Crippen LogP contribution in [-0.4, -0.2) is 42.8 Å². The zero-order valence-electron chi connectivity index (χ0n) is 23.9. The van der Waals surface area contributed by atoms with Gasteiger partial charge in [0.05, 0.1) is 28.4 Å². The zero-order valence-corrected chi connectivity index (χ0v) is 26.2. The lowest BCUT2D eigenvalue weighted by Crippen LogP contribution is -2.45. The van der Waals surface area contributed by atoms with Crippen molar-refractivity contribution >= 4 is 40.8 Å². The van der Waals surface area contributed by atoms with Crippen LogP contribution in [0.15, 0.2) is 51.5 Å². The number of carboxylic acid groups (broad SMARTS) is 1. The smallest absolute Gasteiger partial charge is 0.356 e. The largest absolute Gasteiger partial charge is 0.476 e. The number of hydrogen-bond donors (Lipinski definition) is 2. The first-order valence-electron chi connectivity index (χ1n) is 14.1. The van der Waals surface area contributed by atoms with Gasteiger partial charge in [0.25, 0.3) is 0 Å². The number of carbonyl (C=O) groups is 1. The third-order valence-corrected chi connectivity index (χ3v) is 8.90. The third kappa shape index (κ3) is 6.06. The predicted octanol–water partition coefficient (Wildman–Crippen LogP) is 8.28. The number of ether oxygens (including phenoxy) is 1. The number of aliphatic hydroxyl groups is 1.